The Kier molecular flexibility index (Phi) is 5.42. The van der Waals surface area contributed by atoms with Crippen molar-refractivity contribution in [2.45, 2.75) is 20.8 Å². The SMILES string of the molecule is Cc1ccc(Cl)cc1-n1c(C)cc(/C=N/NC(=O)c2ccc3ccccc3c2)c1C. The Morgan fingerprint density at radius 1 is 0.967 bits per heavy atom. The maximum atomic E-state index is 12.5. The Labute approximate surface area is 180 Å². The zero-order valence-electron chi connectivity index (χ0n) is 17.1. The number of rotatable bonds is 4. The number of carbonyl (C=O) groups is 1. The topological polar surface area (TPSA) is 46.4 Å². The number of carbonyl (C=O) groups excluding carboxylic acids is 1. The first-order valence-electron chi connectivity index (χ1n) is 9.72. The molecule has 1 aromatic heterocycles. The van der Waals surface area contributed by atoms with Crippen LogP contribution in [0.15, 0.2) is 71.8 Å². The fraction of sp³-hybridized carbons (Fsp3) is 0.120. The zero-order valence-corrected chi connectivity index (χ0v) is 17.9. The first kappa shape index (κ1) is 19.9. The standard InChI is InChI=1S/C25H22ClN3O/c1-16-8-11-23(26)14-24(16)29-17(2)12-22(18(29)3)15-27-28-25(30)21-10-9-19-6-4-5-7-20(19)13-21/h4-15H,1-3H3,(H,28,30)/b27-15+. The van der Waals surface area contributed by atoms with E-state index in [1.807, 2.05) is 74.5 Å². The van der Waals surface area contributed by atoms with Crippen molar-refractivity contribution in [3.8, 4) is 5.69 Å². The molecular weight excluding hydrogens is 394 g/mol. The maximum absolute atomic E-state index is 12.5. The van der Waals surface area contributed by atoms with E-state index in [1.54, 1.807) is 12.3 Å². The number of halogens is 1. The third-order valence-corrected chi connectivity index (χ3v) is 5.50. The van der Waals surface area contributed by atoms with Gasteiger partial charge in [0.2, 0.25) is 0 Å². The number of nitrogens with zero attached hydrogens (tertiary/aromatic N) is 2. The molecule has 4 rings (SSSR count). The lowest BCUT2D eigenvalue weighted by molar-refractivity contribution is 0.0955. The van der Waals surface area contributed by atoms with E-state index in [0.29, 0.717) is 10.6 Å². The Morgan fingerprint density at radius 2 is 1.73 bits per heavy atom. The molecule has 5 heteroatoms. The van der Waals surface area contributed by atoms with Crippen LogP contribution in [0, 0.1) is 20.8 Å². The van der Waals surface area contributed by atoms with Crippen LogP contribution in [-0.2, 0) is 0 Å². The zero-order chi connectivity index (χ0) is 21.3. The van der Waals surface area contributed by atoms with Crippen molar-refractivity contribution in [2.75, 3.05) is 0 Å². The van der Waals surface area contributed by atoms with Gasteiger partial charge in [0, 0.05) is 33.2 Å². The number of nitrogens with one attached hydrogen (secondary N) is 1. The quantitative estimate of drug-likeness (QED) is 0.323. The van der Waals surface area contributed by atoms with Crippen LogP contribution in [0.2, 0.25) is 5.02 Å². The predicted octanol–water partition coefficient (Wildman–Crippen LogP) is 5.97. The lowest BCUT2D eigenvalue weighted by Gasteiger charge is -2.13. The van der Waals surface area contributed by atoms with Crippen molar-refractivity contribution in [2.24, 2.45) is 5.10 Å². The number of hydrogen-bond acceptors (Lipinski definition) is 2. The minimum atomic E-state index is -0.239. The predicted molar refractivity (Wildman–Crippen MR) is 124 cm³/mol. The Bertz CT molecular complexity index is 1290. The van der Waals surface area contributed by atoms with E-state index < -0.39 is 0 Å². The highest BCUT2D eigenvalue weighted by Crippen LogP contribution is 2.25. The van der Waals surface area contributed by atoms with E-state index in [1.165, 1.54) is 0 Å². The fourth-order valence-electron chi connectivity index (χ4n) is 3.67. The Morgan fingerprint density at radius 3 is 2.53 bits per heavy atom. The van der Waals surface area contributed by atoms with Crippen molar-refractivity contribution in [3.05, 3.63) is 99.8 Å². The van der Waals surface area contributed by atoms with E-state index in [0.717, 1.165) is 39.0 Å². The highest BCUT2D eigenvalue weighted by molar-refractivity contribution is 6.30. The van der Waals surface area contributed by atoms with Crippen LogP contribution in [0.5, 0.6) is 0 Å². The molecular formula is C25H22ClN3O. The summed E-state index contributed by atoms with van der Waals surface area (Å²) < 4.78 is 2.15. The number of benzene rings is 3. The average molecular weight is 416 g/mol. The molecule has 150 valence electrons. The van der Waals surface area contributed by atoms with Crippen LogP contribution in [0.25, 0.3) is 16.5 Å². The molecule has 0 radical (unpaired) electrons. The fourth-order valence-corrected chi connectivity index (χ4v) is 3.83. The highest BCUT2D eigenvalue weighted by atomic mass is 35.5. The molecule has 1 amide bonds. The van der Waals surface area contributed by atoms with E-state index in [2.05, 4.69) is 22.0 Å². The van der Waals surface area contributed by atoms with Gasteiger partial charge in [-0.05, 0) is 67.4 Å². The molecule has 0 saturated heterocycles. The summed E-state index contributed by atoms with van der Waals surface area (Å²) in [6.45, 7) is 6.13. The summed E-state index contributed by atoms with van der Waals surface area (Å²) in [6.07, 6.45) is 1.68. The molecule has 0 fully saturated rings. The number of hydrogen-bond donors (Lipinski definition) is 1. The van der Waals surface area contributed by atoms with Gasteiger partial charge in [-0.2, -0.15) is 5.10 Å². The van der Waals surface area contributed by atoms with Crippen molar-refractivity contribution in [1.29, 1.82) is 0 Å². The van der Waals surface area contributed by atoms with E-state index in [-0.39, 0.29) is 5.91 Å². The van der Waals surface area contributed by atoms with Gasteiger partial charge in [0.05, 0.1) is 6.21 Å². The molecule has 3 aromatic carbocycles. The molecule has 0 bridgehead atoms. The van der Waals surface area contributed by atoms with Gasteiger partial charge in [0.25, 0.3) is 5.91 Å². The lowest BCUT2D eigenvalue weighted by atomic mass is 10.1. The van der Waals surface area contributed by atoms with E-state index in [9.17, 15) is 4.79 Å². The van der Waals surface area contributed by atoms with Crippen LogP contribution in [0.4, 0.5) is 0 Å². The molecule has 4 nitrogen and oxygen atoms in total. The lowest BCUT2D eigenvalue weighted by Crippen LogP contribution is -2.17. The van der Waals surface area contributed by atoms with Gasteiger partial charge >= 0.3 is 0 Å². The number of amides is 1. The molecule has 30 heavy (non-hydrogen) atoms. The maximum Gasteiger partial charge on any atom is 0.271 e. The highest BCUT2D eigenvalue weighted by Gasteiger charge is 2.12. The molecule has 1 N–H and O–H groups in total. The van der Waals surface area contributed by atoms with Gasteiger partial charge in [-0.15, -0.1) is 0 Å². The molecule has 0 saturated carbocycles. The normalized spacial score (nSPS) is 11.3. The van der Waals surface area contributed by atoms with Crippen molar-refractivity contribution >= 4 is 34.5 Å². The van der Waals surface area contributed by atoms with E-state index in [4.69, 9.17) is 11.6 Å². The summed E-state index contributed by atoms with van der Waals surface area (Å²) >= 11 is 6.20. The molecule has 0 aliphatic carbocycles. The van der Waals surface area contributed by atoms with Crippen molar-refractivity contribution in [3.63, 3.8) is 0 Å². The first-order valence-corrected chi connectivity index (χ1v) is 10.1. The summed E-state index contributed by atoms with van der Waals surface area (Å²) in [5.41, 5.74) is 8.41. The number of aromatic nitrogens is 1. The molecule has 0 unspecified atom stereocenters. The number of hydrazone groups is 1. The van der Waals surface area contributed by atoms with Gasteiger partial charge < -0.3 is 4.57 Å². The minimum absolute atomic E-state index is 0.239. The van der Waals surface area contributed by atoms with Crippen molar-refractivity contribution in [1.82, 2.24) is 9.99 Å². The monoisotopic (exact) mass is 415 g/mol. The largest absolute Gasteiger partial charge is 0.318 e. The summed E-state index contributed by atoms with van der Waals surface area (Å²) in [5.74, 6) is -0.239. The summed E-state index contributed by atoms with van der Waals surface area (Å²) in [5, 5.41) is 7.00. The average Bonchev–Trinajstić information content (AvgIpc) is 3.02. The summed E-state index contributed by atoms with van der Waals surface area (Å²) in [4.78, 5) is 12.5. The van der Waals surface area contributed by atoms with Crippen LogP contribution in [-0.4, -0.2) is 16.7 Å². The van der Waals surface area contributed by atoms with Gasteiger partial charge in [-0.1, -0.05) is 48.0 Å². The smallest absolute Gasteiger partial charge is 0.271 e. The molecule has 0 atom stereocenters. The third-order valence-electron chi connectivity index (χ3n) is 5.26. The van der Waals surface area contributed by atoms with Crippen LogP contribution >= 0.6 is 11.6 Å². The van der Waals surface area contributed by atoms with Crippen LogP contribution in [0.3, 0.4) is 0 Å². The van der Waals surface area contributed by atoms with Crippen molar-refractivity contribution < 1.29 is 4.79 Å². The second kappa shape index (κ2) is 8.17. The second-order valence-corrected chi connectivity index (χ2v) is 7.79. The van der Waals surface area contributed by atoms with Crippen LogP contribution < -0.4 is 5.43 Å². The van der Waals surface area contributed by atoms with E-state index >= 15 is 0 Å². The molecule has 1 heterocycles. The van der Waals surface area contributed by atoms with Gasteiger partial charge in [-0.25, -0.2) is 5.43 Å². The molecule has 0 spiro atoms. The molecule has 0 aliphatic rings. The third kappa shape index (κ3) is 3.87. The number of aryl methyl sites for hydroxylation is 2. The summed E-state index contributed by atoms with van der Waals surface area (Å²) in [6, 6.07) is 21.5. The second-order valence-electron chi connectivity index (χ2n) is 7.35. The molecule has 4 aromatic rings. The Balaban J connectivity index is 1.55. The summed E-state index contributed by atoms with van der Waals surface area (Å²) in [7, 11) is 0. The van der Waals surface area contributed by atoms with Gasteiger partial charge in [0.1, 0.15) is 0 Å². The van der Waals surface area contributed by atoms with Crippen LogP contribution in [0.1, 0.15) is 32.9 Å². The number of fused-ring (bicyclic) bond motifs is 1. The Hall–Kier alpha value is -3.37. The van der Waals surface area contributed by atoms with Gasteiger partial charge in [0.15, 0.2) is 0 Å². The van der Waals surface area contributed by atoms with Gasteiger partial charge in [-0.3, -0.25) is 4.79 Å². The molecule has 0 aliphatic heterocycles. The first-order chi connectivity index (χ1) is 14.4. The minimum Gasteiger partial charge on any atom is -0.318 e.